The number of benzene rings is 1. The maximum absolute atomic E-state index is 6.03. The summed E-state index contributed by atoms with van der Waals surface area (Å²) in [6.45, 7) is 5.18. The monoisotopic (exact) mass is 284 g/mol. The van der Waals surface area contributed by atoms with Crippen LogP contribution in [-0.4, -0.2) is 17.1 Å². The maximum Gasteiger partial charge on any atom is 0.221 e. The fourth-order valence-corrected chi connectivity index (χ4v) is 2.66. The van der Waals surface area contributed by atoms with Crippen LogP contribution in [0, 0.1) is 0 Å². The van der Waals surface area contributed by atoms with Crippen molar-refractivity contribution in [3.63, 3.8) is 0 Å². The standard InChI is InChI=1S/C18H24N2O/c1-3-6-13(2)21-18-17-8-5-4-7-16(17)14(12-20-18)11-19-15-9-10-15/h4-5,7-8,12-13,15,19H,3,6,9-11H2,1-2H3. The number of fused-ring (bicyclic) bond motifs is 1. The van der Waals surface area contributed by atoms with Crippen LogP contribution in [0.15, 0.2) is 30.5 Å². The van der Waals surface area contributed by atoms with Gasteiger partial charge in [-0.15, -0.1) is 0 Å². The second-order valence-corrected chi connectivity index (χ2v) is 6.01. The molecule has 1 N–H and O–H groups in total. The number of rotatable bonds is 7. The first-order valence-electron chi connectivity index (χ1n) is 8.04. The van der Waals surface area contributed by atoms with Crippen LogP contribution >= 0.6 is 0 Å². The minimum Gasteiger partial charge on any atom is -0.474 e. The largest absolute Gasteiger partial charge is 0.474 e. The van der Waals surface area contributed by atoms with Crippen molar-refractivity contribution in [2.24, 2.45) is 0 Å². The van der Waals surface area contributed by atoms with Gasteiger partial charge in [-0.25, -0.2) is 4.98 Å². The molecule has 1 heterocycles. The van der Waals surface area contributed by atoms with Gasteiger partial charge in [0.1, 0.15) is 0 Å². The third-order valence-corrected chi connectivity index (χ3v) is 4.01. The predicted molar refractivity (Wildman–Crippen MR) is 86.6 cm³/mol. The van der Waals surface area contributed by atoms with Gasteiger partial charge in [0.15, 0.2) is 0 Å². The van der Waals surface area contributed by atoms with E-state index in [1.54, 1.807) is 0 Å². The van der Waals surface area contributed by atoms with Crippen LogP contribution in [0.2, 0.25) is 0 Å². The Bertz CT molecular complexity index is 607. The van der Waals surface area contributed by atoms with Gasteiger partial charge in [0.2, 0.25) is 5.88 Å². The molecule has 1 fully saturated rings. The van der Waals surface area contributed by atoms with E-state index in [1.165, 1.54) is 23.8 Å². The molecule has 0 amide bonds. The van der Waals surface area contributed by atoms with Crippen molar-refractivity contribution >= 4 is 10.8 Å². The number of ether oxygens (including phenoxy) is 1. The first kappa shape index (κ1) is 14.3. The number of hydrogen-bond acceptors (Lipinski definition) is 3. The van der Waals surface area contributed by atoms with E-state index in [0.29, 0.717) is 6.04 Å². The molecule has 1 aliphatic rings. The zero-order chi connectivity index (χ0) is 14.7. The van der Waals surface area contributed by atoms with Crippen molar-refractivity contribution < 1.29 is 4.74 Å². The van der Waals surface area contributed by atoms with Crippen LogP contribution in [0.25, 0.3) is 10.8 Å². The van der Waals surface area contributed by atoms with Crippen LogP contribution in [0.1, 0.15) is 45.1 Å². The number of pyridine rings is 1. The Kier molecular flexibility index (Phi) is 4.39. The average Bonchev–Trinajstić information content (AvgIpc) is 3.31. The predicted octanol–water partition coefficient (Wildman–Crippen LogP) is 4.05. The molecular weight excluding hydrogens is 260 g/mol. The van der Waals surface area contributed by atoms with Crippen molar-refractivity contribution in [3.8, 4) is 5.88 Å². The van der Waals surface area contributed by atoms with Gasteiger partial charge in [-0.1, -0.05) is 31.5 Å². The van der Waals surface area contributed by atoms with E-state index in [1.807, 2.05) is 6.20 Å². The second kappa shape index (κ2) is 6.44. The number of nitrogens with one attached hydrogen (secondary N) is 1. The van der Waals surface area contributed by atoms with Crippen LogP contribution in [0.5, 0.6) is 5.88 Å². The summed E-state index contributed by atoms with van der Waals surface area (Å²) in [4.78, 5) is 4.57. The molecule has 1 aromatic heterocycles. The van der Waals surface area contributed by atoms with E-state index in [-0.39, 0.29) is 6.10 Å². The minimum absolute atomic E-state index is 0.210. The summed E-state index contributed by atoms with van der Waals surface area (Å²) >= 11 is 0. The van der Waals surface area contributed by atoms with Gasteiger partial charge in [-0.05, 0) is 43.2 Å². The molecular formula is C18H24N2O. The Morgan fingerprint density at radius 3 is 2.76 bits per heavy atom. The van der Waals surface area contributed by atoms with Crippen LogP contribution in [0.3, 0.4) is 0 Å². The Hall–Kier alpha value is -1.61. The first-order valence-corrected chi connectivity index (χ1v) is 8.04. The molecule has 0 saturated heterocycles. The van der Waals surface area contributed by atoms with Gasteiger partial charge in [-0.2, -0.15) is 0 Å². The lowest BCUT2D eigenvalue weighted by Crippen LogP contribution is -2.16. The topological polar surface area (TPSA) is 34.1 Å². The molecule has 1 saturated carbocycles. The average molecular weight is 284 g/mol. The van der Waals surface area contributed by atoms with Gasteiger partial charge in [-0.3, -0.25) is 0 Å². The molecule has 1 aliphatic carbocycles. The Balaban J connectivity index is 1.86. The van der Waals surface area contributed by atoms with Gasteiger partial charge in [0.25, 0.3) is 0 Å². The zero-order valence-electron chi connectivity index (χ0n) is 12.9. The normalized spacial score (nSPS) is 16.1. The highest BCUT2D eigenvalue weighted by Crippen LogP contribution is 2.28. The Labute approximate surface area is 126 Å². The molecule has 0 bridgehead atoms. The molecule has 1 aromatic carbocycles. The van der Waals surface area contributed by atoms with Crippen molar-refractivity contribution in [2.45, 2.75) is 58.2 Å². The molecule has 2 aromatic rings. The molecule has 0 spiro atoms. The van der Waals surface area contributed by atoms with E-state index >= 15 is 0 Å². The van der Waals surface area contributed by atoms with Gasteiger partial charge < -0.3 is 10.1 Å². The van der Waals surface area contributed by atoms with E-state index in [2.05, 4.69) is 48.4 Å². The smallest absolute Gasteiger partial charge is 0.221 e. The summed E-state index contributed by atoms with van der Waals surface area (Å²) in [6, 6.07) is 9.13. The molecule has 1 atom stereocenters. The molecule has 21 heavy (non-hydrogen) atoms. The molecule has 3 rings (SSSR count). The quantitative estimate of drug-likeness (QED) is 0.832. The van der Waals surface area contributed by atoms with Gasteiger partial charge in [0.05, 0.1) is 6.10 Å². The number of nitrogens with zero attached hydrogens (tertiary/aromatic N) is 1. The molecule has 1 unspecified atom stereocenters. The number of aromatic nitrogens is 1. The lowest BCUT2D eigenvalue weighted by atomic mass is 10.1. The SMILES string of the molecule is CCCC(C)Oc1ncc(CNC2CC2)c2ccccc12. The summed E-state index contributed by atoms with van der Waals surface area (Å²) in [6.07, 6.45) is 6.97. The second-order valence-electron chi connectivity index (χ2n) is 6.01. The minimum atomic E-state index is 0.210. The third-order valence-electron chi connectivity index (χ3n) is 4.01. The highest BCUT2D eigenvalue weighted by molar-refractivity contribution is 5.89. The Morgan fingerprint density at radius 2 is 2.05 bits per heavy atom. The van der Waals surface area contributed by atoms with Gasteiger partial charge in [0, 0.05) is 24.2 Å². The molecule has 3 nitrogen and oxygen atoms in total. The van der Waals surface area contributed by atoms with Crippen LogP contribution < -0.4 is 10.1 Å². The molecule has 0 aliphatic heterocycles. The van der Waals surface area contributed by atoms with Gasteiger partial charge >= 0.3 is 0 Å². The summed E-state index contributed by atoms with van der Waals surface area (Å²) in [5.41, 5.74) is 1.26. The maximum atomic E-state index is 6.03. The van der Waals surface area contributed by atoms with E-state index in [4.69, 9.17) is 4.74 Å². The molecule has 3 heteroatoms. The van der Waals surface area contributed by atoms with E-state index < -0.39 is 0 Å². The van der Waals surface area contributed by atoms with Crippen molar-refractivity contribution in [1.82, 2.24) is 10.3 Å². The number of hydrogen-bond donors (Lipinski definition) is 1. The zero-order valence-corrected chi connectivity index (χ0v) is 12.9. The Morgan fingerprint density at radius 1 is 1.29 bits per heavy atom. The lowest BCUT2D eigenvalue weighted by Gasteiger charge is -2.16. The van der Waals surface area contributed by atoms with Crippen molar-refractivity contribution in [3.05, 3.63) is 36.0 Å². The molecule has 0 radical (unpaired) electrons. The highest BCUT2D eigenvalue weighted by Gasteiger charge is 2.20. The lowest BCUT2D eigenvalue weighted by molar-refractivity contribution is 0.204. The van der Waals surface area contributed by atoms with Crippen LogP contribution in [-0.2, 0) is 6.54 Å². The highest BCUT2D eigenvalue weighted by atomic mass is 16.5. The fourth-order valence-electron chi connectivity index (χ4n) is 2.66. The summed E-state index contributed by atoms with van der Waals surface area (Å²) in [5, 5.41) is 5.94. The van der Waals surface area contributed by atoms with Crippen LogP contribution in [0.4, 0.5) is 0 Å². The van der Waals surface area contributed by atoms with Crippen molar-refractivity contribution in [1.29, 1.82) is 0 Å². The summed E-state index contributed by atoms with van der Waals surface area (Å²) in [7, 11) is 0. The fraction of sp³-hybridized carbons (Fsp3) is 0.500. The first-order chi connectivity index (χ1) is 10.3. The van der Waals surface area contributed by atoms with E-state index in [9.17, 15) is 0 Å². The third kappa shape index (κ3) is 3.53. The summed E-state index contributed by atoms with van der Waals surface area (Å²) < 4.78 is 6.03. The summed E-state index contributed by atoms with van der Waals surface area (Å²) in [5.74, 6) is 0.765. The van der Waals surface area contributed by atoms with E-state index in [0.717, 1.165) is 30.7 Å². The van der Waals surface area contributed by atoms with Crippen molar-refractivity contribution in [2.75, 3.05) is 0 Å². The molecule has 112 valence electrons.